The van der Waals surface area contributed by atoms with Gasteiger partial charge in [-0.2, -0.15) is 0 Å². The van der Waals surface area contributed by atoms with Crippen LogP contribution in [0.25, 0.3) is 0 Å². The first kappa shape index (κ1) is 14.6. The fraction of sp³-hybridized carbons (Fsp3) is 0.571. The monoisotopic (exact) mass is 276 g/mol. The highest BCUT2D eigenvalue weighted by Gasteiger charge is 2.17. The third-order valence-electron chi connectivity index (χ3n) is 3.35. The van der Waals surface area contributed by atoms with Crippen molar-refractivity contribution in [3.8, 4) is 0 Å². The number of nitrogens with zero attached hydrogens (tertiary/aromatic N) is 3. The average Bonchev–Trinajstić information content (AvgIpc) is 2.44. The highest BCUT2D eigenvalue weighted by Crippen LogP contribution is 2.19. The van der Waals surface area contributed by atoms with Crippen LogP contribution in [0, 0.1) is 13.8 Å². The van der Waals surface area contributed by atoms with E-state index in [9.17, 15) is 4.79 Å². The zero-order chi connectivity index (χ0) is 14.5. The first-order valence-corrected chi connectivity index (χ1v) is 6.80. The fourth-order valence-electron chi connectivity index (χ4n) is 2.10. The van der Waals surface area contributed by atoms with Gasteiger partial charge < -0.3 is 10.1 Å². The third-order valence-corrected chi connectivity index (χ3v) is 3.35. The summed E-state index contributed by atoms with van der Waals surface area (Å²) >= 11 is 0. The average molecular weight is 276 g/mol. The molecule has 2 heterocycles. The van der Waals surface area contributed by atoms with Gasteiger partial charge in [-0.15, -0.1) is 0 Å². The van der Waals surface area contributed by atoms with Crippen molar-refractivity contribution >= 4 is 17.3 Å². The van der Waals surface area contributed by atoms with Gasteiger partial charge in [0.2, 0.25) is 0 Å². The lowest BCUT2D eigenvalue weighted by atomic mass is 10.1. The molecule has 0 radical (unpaired) electrons. The number of aryl methyl sites for hydroxylation is 2. The number of ether oxygens (including phenoxy) is 1. The topological polar surface area (TPSA) is 76.5 Å². The van der Waals surface area contributed by atoms with Crippen molar-refractivity contribution in [1.82, 2.24) is 15.3 Å². The second-order valence-electron chi connectivity index (χ2n) is 4.95. The van der Waals surface area contributed by atoms with Crippen LogP contribution in [0.3, 0.4) is 0 Å². The van der Waals surface area contributed by atoms with Gasteiger partial charge in [-0.05, 0) is 33.6 Å². The molecule has 1 aromatic heterocycles. The van der Waals surface area contributed by atoms with Gasteiger partial charge in [0.05, 0.1) is 11.4 Å². The predicted octanol–water partition coefficient (Wildman–Crippen LogP) is 1.48. The summed E-state index contributed by atoms with van der Waals surface area (Å²) in [5, 5.41) is 2.99. The summed E-state index contributed by atoms with van der Waals surface area (Å²) in [6.07, 6.45) is 3.21. The summed E-state index contributed by atoms with van der Waals surface area (Å²) in [7, 11) is 0. The van der Waals surface area contributed by atoms with Gasteiger partial charge in [-0.3, -0.25) is 4.79 Å². The molecule has 1 aliphatic heterocycles. The van der Waals surface area contributed by atoms with E-state index in [1.54, 1.807) is 6.92 Å². The summed E-state index contributed by atoms with van der Waals surface area (Å²) in [5.41, 5.74) is 2.65. The maximum atomic E-state index is 12.1. The van der Waals surface area contributed by atoms with Gasteiger partial charge in [-0.1, -0.05) is 0 Å². The van der Waals surface area contributed by atoms with E-state index in [4.69, 9.17) is 4.74 Å². The van der Waals surface area contributed by atoms with Crippen LogP contribution >= 0.6 is 0 Å². The largest absolute Gasteiger partial charge is 0.381 e. The molecule has 6 heteroatoms. The lowest BCUT2D eigenvalue weighted by Gasteiger charge is -2.23. The van der Waals surface area contributed by atoms with Gasteiger partial charge in [0, 0.05) is 19.3 Å². The number of aromatic nitrogens is 2. The van der Waals surface area contributed by atoms with Crippen LogP contribution in [0.5, 0.6) is 0 Å². The van der Waals surface area contributed by atoms with E-state index >= 15 is 0 Å². The zero-order valence-corrected chi connectivity index (χ0v) is 12.1. The van der Waals surface area contributed by atoms with Gasteiger partial charge >= 0.3 is 0 Å². The Morgan fingerprint density at radius 3 is 2.50 bits per heavy atom. The van der Waals surface area contributed by atoms with E-state index in [0.717, 1.165) is 24.2 Å². The Bertz CT molecular complexity index is 502. The summed E-state index contributed by atoms with van der Waals surface area (Å²) < 4.78 is 5.27. The normalized spacial score (nSPS) is 17.1. The molecule has 0 atom stereocenters. The number of rotatable bonds is 3. The SMILES string of the molecule is C/C(=N\c1c(C)ncnc1C)C(=O)NC1CCOCC1. The van der Waals surface area contributed by atoms with Crippen LogP contribution in [0.1, 0.15) is 31.2 Å². The standard InChI is InChI=1S/C14H20N4O2/c1-9-13(10(2)16-8-15-9)17-11(3)14(19)18-12-4-6-20-7-5-12/h8,12H,4-7H2,1-3H3,(H,18,19)/b17-11+. The number of aliphatic imine (C=N–C) groups is 1. The molecule has 2 rings (SSSR count). The minimum absolute atomic E-state index is 0.139. The summed E-state index contributed by atoms with van der Waals surface area (Å²) in [5.74, 6) is -0.139. The molecule has 1 aromatic rings. The quantitative estimate of drug-likeness (QED) is 0.848. The van der Waals surface area contributed by atoms with Crippen molar-refractivity contribution in [2.75, 3.05) is 13.2 Å². The van der Waals surface area contributed by atoms with Crippen molar-refractivity contribution in [3.05, 3.63) is 17.7 Å². The zero-order valence-electron chi connectivity index (χ0n) is 12.1. The molecule has 20 heavy (non-hydrogen) atoms. The Kier molecular flexibility index (Phi) is 4.79. The van der Waals surface area contributed by atoms with Gasteiger partial charge in [0.15, 0.2) is 0 Å². The van der Waals surface area contributed by atoms with Crippen LogP contribution in [0.15, 0.2) is 11.3 Å². The van der Waals surface area contributed by atoms with Crippen LogP contribution < -0.4 is 5.32 Å². The molecule has 108 valence electrons. The predicted molar refractivity (Wildman–Crippen MR) is 76.3 cm³/mol. The molecule has 0 aliphatic carbocycles. The molecule has 0 bridgehead atoms. The molecule has 0 aromatic carbocycles. The first-order valence-electron chi connectivity index (χ1n) is 6.80. The Labute approximate surface area is 118 Å². The number of hydrogen-bond donors (Lipinski definition) is 1. The molecular weight excluding hydrogens is 256 g/mol. The van der Waals surface area contributed by atoms with Gasteiger partial charge in [-0.25, -0.2) is 15.0 Å². The van der Waals surface area contributed by atoms with E-state index < -0.39 is 0 Å². The highest BCUT2D eigenvalue weighted by molar-refractivity contribution is 6.38. The first-order chi connectivity index (χ1) is 9.58. The van der Waals surface area contributed by atoms with E-state index in [-0.39, 0.29) is 11.9 Å². The van der Waals surface area contributed by atoms with Crippen LogP contribution in [-0.4, -0.2) is 40.8 Å². The molecule has 1 N–H and O–H groups in total. The van der Waals surface area contributed by atoms with E-state index in [1.807, 2.05) is 13.8 Å². The van der Waals surface area contributed by atoms with Crippen LogP contribution in [-0.2, 0) is 9.53 Å². The molecular formula is C14H20N4O2. The molecule has 0 spiro atoms. The van der Waals surface area contributed by atoms with Crippen molar-refractivity contribution in [1.29, 1.82) is 0 Å². The van der Waals surface area contributed by atoms with Crippen molar-refractivity contribution in [2.24, 2.45) is 4.99 Å². The highest BCUT2D eigenvalue weighted by atomic mass is 16.5. The second kappa shape index (κ2) is 6.56. The maximum absolute atomic E-state index is 12.1. The number of carbonyl (C=O) groups is 1. The molecule has 0 unspecified atom stereocenters. The van der Waals surface area contributed by atoms with E-state index in [2.05, 4.69) is 20.3 Å². The van der Waals surface area contributed by atoms with Crippen molar-refractivity contribution < 1.29 is 9.53 Å². The summed E-state index contributed by atoms with van der Waals surface area (Å²) in [6.45, 7) is 6.83. The Morgan fingerprint density at radius 2 is 1.90 bits per heavy atom. The maximum Gasteiger partial charge on any atom is 0.265 e. The third kappa shape index (κ3) is 3.60. The lowest BCUT2D eigenvalue weighted by molar-refractivity contribution is -0.116. The molecule has 1 saturated heterocycles. The minimum Gasteiger partial charge on any atom is -0.381 e. The second-order valence-corrected chi connectivity index (χ2v) is 4.95. The fourth-order valence-corrected chi connectivity index (χ4v) is 2.10. The molecule has 0 saturated carbocycles. The molecule has 1 aliphatic rings. The smallest absolute Gasteiger partial charge is 0.265 e. The molecule has 6 nitrogen and oxygen atoms in total. The Balaban J connectivity index is 2.07. The number of carbonyl (C=O) groups excluding carboxylic acids is 1. The van der Waals surface area contributed by atoms with Crippen molar-refractivity contribution in [3.63, 3.8) is 0 Å². The summed E-state index contributed by atoms with van der Waals surface area (Å²) in [6, 6.07) is 0.176. The summed E-state index contributed by atoms with van der Waals surface area (Å²) in [4.78, 5) is 24.7. The minimum atomic E-state index is -0.139. The van der Waals surface area contributed by atoms with Gasteiger partial charge in [0.1, 0.15) is 17.7 Å². The van der Waals surface area contributed by atoms with Crippen molar-refractivity contribution in [2.45, 2.75) is 39.7 Å². The lowest BCUT2D eigenvalue weighted by Crippen LogP contribution is -2.41. The van der Waals surface area contributed by atoms with Gasteiger partial charge in [0.25, 0.3) is 5.91 Å². The number of hydrogen-bond acceptors (Lipinski definition) is 5. The molecule has 1 fully saturated rings. The van der Waals surface area contributed by atoms with E-state index in [1.165, 1.54) is 6.33 Å². The van der Waals surface area contributed by atoms with E-state index in [0.29, 0.717) is 24.6 Å². The Hall–Kier alpha value is -1.82. The molecule has 1 amide bonds. The Morgan fingerprint density at radius 1 is 1.30 bits per heavy atom. The van der Waals surface area contributed by atoms with Crippen LogP contribution in [0.2, 0.25) is 0 Å². The number of nitrogens with one attached hydrogen (secondary N) is 1. The number of amides is 1. The van der Waals surface area contributed by atoms with Crippen LogP contribution in [0.4, 0.5) is 5.69 Å².